The van der Waals surface area contributed by atoms with Crippen LogP contribution in [0.3, 0.4) is 0 Å². The van der Waals surface area contributed by atoms with Gasteiger partial charge in [-0.15, -0.1) is 0 Å². The van der Waals surface area contributed by atoms with Crippen LogP contribution in [0.2, 0.25) is 0 Å². The van der Waals surface area contributed by atoms with Gasteiger partial charge in [-0.25, -0.2) is 0 Å². The average molecular weight is 215 g/mol. The number of aromatic nitrogens is 2. The maximum Gasteiger partial charge on any atom is 0.0682 e. The maximum absolute atomic E-state index is 4.22. The van der Waals surface area contributed by atoms with E-state index in [9.17, 15) is 0 Å². The van der Waals surface area contributed by atoms with Crippen molar-refractivity contribution in [3.63, 3.8) is 0 Å². The zero-order valence-corrected chi connectivity index (χ0v) is 9.94. The SMILES string of the molecule is CNC(C)c1ccccc1-c1ccnn1C. The predicted octanol–water partition coefficient (Wildman–Crippen LogP) is 2.37. The van der Waals surface area contributed by atoms with Gasteiger partial charge in [0.2, 0.25) is 0 Å². The molecule has 84 valence electrons. The van der Waals surface area contributed by atoms with Crippen LogP contribution in [0.15, 0.2) is 36.5 Å². The van der Waals surface area contributed by atoms with Crippen molar-refractivity contribution in [2.45, 2.75) is 13.0 Å². The van der Waals surface area contributed by atoms with Gasteiger partial charge in [0.1, 0.15) is 0 Å². The molecular formula is C13H17N3. The largest absolute Gasteiger partial charge is 0.313 e. The molecule has 0 amide bonds. The van der Waals surface area contributed by atoms with Gasteiger partial charge in [-0.05, 0) is 25.6 Å². The van der Waals surface area contributed by atoms with Gasteiger partial charge >= 0.3 is 0 Å². The van der Waals surface area contributed by atoms with E-state index >= 15 is 0 Å². The van der Waals surface area contributed by atoms with Gasteiger partial charge in [0.05, 0.1) is 5.69 Å². The Hall–Kier alpha value is -1.61. The molecule has 1 atom stereocenters. The predicted molar refractivity (Wildman–Crippen MR) is 66.1 cm³/mol. The molecule has 0 saturated carbocycles. The summed E-state index contributed by atoms with van der Waals surface area (Å²) in [4.78, 5) is 0. The summed E-state index contributed by atoms with van der Waals surface area (Å²) in [6.45, 7) is 2.16. The third-order valence-electron chi connectivity index (χ3n) is 2.96. The number of rotatable bonds is 3. The van der Waals surface area contributed by atoms with E-state index in [1.807, 2.05) is 31.0 Å². The van der Waals surface area contributed by atoms with Crippen LogP contribution in [0.1, 0.15) is 18.5 Å². The highest BCUT2D eigenvalue weighted by atomic mass is 15.3. The number of nitrogens with zero attached hydrogens (tertiary/aromatic N) is 2. The highest BCUT2D eigenvalue weighted by Gasteiger charge is 2.11. The fraction of sp³-hybridized carbons (Fsp3) is 0.308. The summed E-state index contributed by atoms with van der Waals surface area (Å²) >= 11 is 0. The first-order chi connectivity index (χ1) is 7.74. The summed E-state index contributed by atoms with van der Waals surface area (Å²) in [5.41, 5.74) is 3.69. The molecule has 1 N–H and O–H groups in total. The summed E-state index contributed by atoms with van der Waals surface area (Å²) < 4.78 is 1.90. The van der Waals surface area contributed by atoms with Crippen LogP contribution in [0, 0.1) is 0 Å². The van der Waals surface area contributed by atoms with Crippen LogP contribution in [-0.4, -0.2) is 16.8 Å². The number of hydrogen-bond donors (Lipinski definition) is 1. The molecule has 2 aromatic rings. The van der Waals surface area contributed by atoms with Gasteiger partial charge < -0.3 is 5.32 Å². The van der Waals surface area contributed by atoms with Crippen molar-refractivity contribution in [2.75, 3.05) is 7.05 Å². The Kier molecular flexibility index (Phi) is 3.06. The Morgan fingerprint density at radius 2 is 2.00 bits per heavy atom. The molecule has 0 saturated heterocycles. The number of nitrogens with one attached hydrogen (secondary N) is 1. The van der Waals surface area contributed by atoms with Crippen LogP contribution in [0.5, 0.6) is 0 Å². The molecular weight excluding hydrogens is 198 g/mol. The van der Waals surface area contributed by atoms with Crippen LogP contribution in [0.25, 0.3) is 11.3 Å². The Morgan fingerprint density at radius 3 is 2.62 bits per heavy atom. The molecule has 3 heteroatoms. The highest BCUT2D eigenvalue weighted by Crippen LogP contribution is 2.27. The fourth-order valence-corrected chi connectivity index (χ4v) is 1.90. The van der Waals surface area contributed by atoms with Crippen molar-refractivity contribution >= 4 is 0 Å². The first kappa shape index (κ1) is 10.9. The van der Waals surface area contributed by atoms with Crippen LogP contribution < -0.4 is 5.32 Å². The van der Waals surface area contributed by atoms with Gasteiger partial charge in [-0.2, -0.15) is 5.10 Å². The van der Waals surface area contributed by atoms with Crippen LogP contribution in [-0.2, 0) is 7.05 Å². The molecule has 0 aliphatic heterocycles. The molecule has 1 aromatic heterocycles. The molecule has 1 heterocycles. The first-order valence-corrected chi connectivity index (χ1v) is 5.48. The van der Waals surface area contributed by atoms with Gasteiger partial charge in [0.25, 0.3) is 0 Å². The van der Waals surface area contributed by atoms with Crippen molar-refractivity contribution in [1.29, 1.82) is 0 Å². The Morgan fingerprint density at radius 1 is 1.25 bits per heavy atom. The van der Waals surface area contributed by atoms with Crippen LogP contribution >= 0.6 is 0 Å². The molecule has 0 aliphatic rings. The van der Waals surface area contributed by atoms with E-state index in [0.29, 0.717) is 6.04 Å². The van der Waals surface area contributed by atoms with E-state index in [2.05, 4.69) is 41.6 Å². The highest BCUT2D eigenvalue weighted by molar-refractivity contribution is 5.64. The summed E-state index contributed by atoms with van der Waals surface area (Å²) in [5, 5.41) is 7.49. The number of hydrogen-bond acceptors (Lipinski definition) is 2. The smallest absolute Gasteiger partial charge is 0.0682 e. The lowest BCUT2D eigenvalue weighted by molar-refractivity contribution is 0.652. The zero-order valence-electron chi connectivity index (χ0n) is 9.94. The Balaban J connectivity index is 2.53. The lowest BCUT2D eigenvalue weighted by atomic mass is 9.99. The van der Waals surface area contributed by atoms with E-state index in [-0.39, 0.29) is 0 Å². The Labute approximate surface area is 96.1 Å². The zero-order chi connectivity index (χ0) is 11.5. The van der Waals surface area contributed by atoms with Crippen molar-refractivity contribution in [3.8, 4) is 11.3 Å². The van der Waals surface area contributed by atoms with Crippen molar-refractivity contribution in [3.05, 3.63) is 42.1 Å². The summed E-state index contributed by atoms with van der Waals surface area (Å²) in [7, 11) is 3.95. The quantitative estimate of drug-likeness (QED) is 0.851. The van der Waals surface area contributed by atoms with Crippen molar-refractivity contribution < 1.29 is 0 Å². The molecule has 1 unspecified atom stereocenters. The second-order valence-corrected chi connectivity index (χ2v) is 3.94. The normalized spacial score (nSPS) is 12.7. The monoisotopic (exact) mass is 215 g/mol. The van der Waals surface area contributed by atoms with E-state index in [1.54, 1.807) is 0 Å². The standard InChI is InChI=1S/C13H17N3/c1-10(14-2)11-6-4-5-7-12(11)13-8-9-15-16(13)3/h4-10,14H,1-3H3. The number of aryl methyl sites for hydroxylation is 1. The summed E-state index contributed by atoms with van der Waals surface area (Å²) in [5.74, 6) is 0. The second-order valence-electron chi connectivity index (χ2n) is 3.94. The molecule has 0 spiro atoms. The van der Waals surface area contributed by atoms with Gasteiger partial charge in [-0.3, -0.25) is 4.68 Å². The molecule has 0 radical (unpaired) electrons. The lowest BCUT2D eigenvalue weighted by Gasteiger charge is -2.15. The minimum absolute atomic E-state index is 0.339. The van der Waals surface area contributed by atoms with Gasteiger partial charge in [-0.1, -0.05) is 24.3 Å². The molecule has 1 aromatic carbocycles. The topological polar surface area (TPSA) is 29.9 Å². The molecule has 2 rings (SSSR count). The minimum atomic E-state index is 0.339. The van der Waals surface area contributed by atoms with E-state index < -0.39 is 0 Å². The second kappa shape index (κ2) is 4.49. The molecule has 3 nitrogen and oxygen atoms in total. The molecule has 16 heavy (non-hydrogen) atoms. The van der Waals surface area contributed by atoms with Crippen molar-refractivity contribution in [1.82, 2.24) is 15.1 Å². The van der Waals surface area contributed by atoms with Gasteiger partial charge in [0, 0.05) is 24.8 Å². The van der Waals surface area contributed by atoms with Crippen LogP contribution in [0.4, 0.5) is 0 Å². The average Bonchev–Trinajstić information content (AvgIpc) is 2.74. The minimum Gasteiger partial charge on any atom is -0.313 e. The van der Waals surface area contributed by atoms with Crippen molar-refractivity contribution in [2.24, 2.45) is 7.05 Å². The third kappa shape index (κ3) is 1.86. The maximum atomic E-state index is 4.22. The van der Waals surface area contributed by atoms with E-state index in [0.717, 1.165) is 5.69 Å². The lowest BCUT2D eigenvalue weighted by Crippen LogP contribution is -2.13. The molecule has 0 bridgehead atoms. The summed E-state index contributed by atoms with van der Waals surface area (Å²) in [6, 6.07) is 10.8. The first-order valence-electron chi connectivity index (χ1n) is 5.48. The number of benzene rings is 1. The summed E-state index contributed by atoms with van der Waals surface area (Å²) in [6.07, 6.45) is 1.83. The molecule has 0 fully saturated rings. The fourth-order valence-electron chi connectivity index (χ4n) is 1.90. The van der Waals surface area contributed by atoms with E-state index in [1.165, 1.54) is 11.1 Å². The molecule has 0 aliphatic carbocycles. The van der Waals surface area contributed by atoms with Gasteiger partial charge in [0.15, 0.2) is 0 Å². The third-order valence-corrected chi connectivity index (χ3v) is 2.96. The Bertz CT molecular complexity index is 474. The van der Waals surface area contributed by atoms with E-state index in [4.69, 9.17) is 0 Å².